The lowest BCUT2D eigenvalue weighted by molar-refractivity contribution is -0.168. The Balaban J connectivity index is 3.29. The zero-order valence-electron chi connectivity index (χ0n) is 30.6. The average Bonchev–Trinajstić information content (AvgIpc) is 3.06. The van der Waals surface area contributed by atoms with Gasteiger partial charge in [0, 0.05) is 12.8 Å². The van der Waals surface area contributed by atoms with Crippen LogP contribution in [0, 0.1) is 5.92 Å². The SMILES string of the molecule is CCCCCC(O)C1C(=O)OC(C)C(O)C=CC=CC=CC=CC=C(C)C(OCC(O)CO)C(O)C(O)CC(O)CC(O)CC(O)CC(O)CC1O. The first-order valence-electron chi connectivity index (χ1n) is 18.2. The molecule has 0 fully saturated rings. The van der Waals surface area contributed by atoms with E-state index in [4.69, 9.17) is 9.47 Å². The summed E-state index contributed by atoms with van der Waals surface area (Å²) in [6, 6.07) is 0. The molecule has 13 atom stereocenters. The molecule has 1 heterocycles. The van der Waals surface area contributed by atoms with Crippen LogP contribution >= 0.6 is 0 Å². The summed E-state index contributed by atoms with van der Waals surface area (Å²) in [5.41, 5.74) is 0.454. The summed E-state index contributed by atoms with van der Waals surface area (Å²) >= 11 is 0. The van der Waals surface area contributed by atoms with Gasteiger partial charge in [-0.25, -0.2) is 0 Å². The number of carbonyl (C=O) groups is 1. The maximum atomic E-state index is 13.2. The second-order valence-corrected chi connectivity index (χ2v) is 13.7. The van der Waals surface area contributed by atoms with Gasteiger partial charge in [0.2, 0.25) is 0 Å². The monoisotopic (exact) mass is 744 g/mol. The van der Waals surface area contributed by atoms with E-state index in [9.17, 15) is 61.0 Å². The number of carbonyl (C=O) groups excluding carboxylic acids is 1. The van der Waals surface area contributed by atoms with Crippen molar-refractivity contribution in [2.24, 2.45) is 5.92 Å². The van der Waals surface area contributed by atoms with Crippen molar-refractivity contribution in [3.8, 4) is 0 Å². The Morgan fingerprint density at radius 3 is 1.85 bits per heavy atom. The average molecular weight is 745 g/mol. The third kappa shape index (κ3) is 19.1. The topological polar surface area (TPSA) is 258 Å². The van der Waals surface area contributed by atoms with Gasteiger partial charge in [-0.3, -0.25) is 4.79 Å². The van der Waals surface area contributed by atoms with Gasteiger partial charge in [0.25, 0.3) is 0 Å². The predicted molar refractivity (Wildman–Crippen MR) is 193 cm³/mol. The molecule has 11 N–H and O–H groups in total. The number of ether oxygens (including phenoxy) is 2. The lowest BCUT2D eigenvalue weighted by atomic mass is 9.87. The molecule has 0 saturated carbocycles. The summed E-state index contributed by atoms with van der Waals surface area (Å²) in [4.78, 5) is 13.2. The molecule has 0 aromatic carbocycles. The maximum absolute atomic E-state index is 13.2. The highest BCUT2D eigenvalue weighted by molar-refractivity contribution is 5.74. The summed E-state index contributed by atoms with van der Waals surface area (Å²) in [6.07, 6.45) is -0.685. The fourth-order valence-electron chi connectivity index (χ4n) is 5.78. The van der Waals surface area contributed by atoms with Gasteiger partial charge in [-0.1, -0.05) is 80.9 Å². The molecule has 1 rings (SSSR count). The van der Waals surface area contributed by atoms with Gasteiger partial charge in [-0.2, -0.15) is 0 Å². The van der Waals surface area contributed by atoms with E-state index in [1.165, 1.54) is 13.0 Å². The van der Waals surface area contributed by atoms with E-state index in [2.05, 4.69) is 0 Å². The van der Waals surface area contributed by atoms with Crippen molar-refractivity contribution in [1.29, 1.82) is 0 Å². The van der Waals surface area contributed by atoms with Crippen LogP contribution in [0.3, 0.4) is 0 Å². The van der Waals surface area contributed by atoms with Crippen molar-refractivity contribution in [3.05, 3.63) is 60.3 Å². The minimum absolute atomic E-state index is 0.185. The summed E-state index contributed by atoms with van der Waals surface area (Å²) in [5.74, 6) is -2.40. The van der Waals surface area contributed by atoms with Gasteiger partial charge < -0.3 is 65.6 Å². The van der Waals surface area contributed by atoms with Crippen molar-refractivity contribution < 1.29 is 70.4 Å². The zero-order valence-corrected chi connectivity index (χ0v) is 30.6. The molecule has 14 heteroatoms. The highest BCUT2D eigenvalue weighted by atomic mass is 16.6. The van der Waals surface area contributed by atoms with Crippen molar-refractivity contribution >= 4 is 5.97 Å². The fourth-order valence-corrected chi connectivity index (χ4v) is 5.78. The van der Waals surface area contributed by atoms with Gasteiger partial charge in [0.05, 0.1) is 55.9 Å². The van der Waals surface area contributed by atoms with E-state index in [0.717, 1.165) is 12.8 Å². The number of aliphatic hydroxyl groups is 11. The molecule has 0 aliphatic carbocycles. The number of unbranched alkanes of at least 4 members (excludes halogenated alkanes) is 2. The number of aliphatic hydroxyl groups excluding tert-OH is 11. The second kappa shape index (κ2) is 26.5. The molecular formula is C38H64O14. The van der Waals surface area contributed by atoms with E-state index >= 15 is 0 Å². The Labute approximate surface area is 307 Å². The Morgan fingerprint density at radius 1 is 0.769 bits per heavy atom. The van der Waals surface area contributed by atoms with Gasteiger partial charge in [-0.05, 0) is 45.1 Å². The van der Waals surface area contributed by atoms with E-state index in [1.807, 2.05) is 6.92 Å². The lowest BCUT2D eigenvalue weighted by Gasteiger charge is -2.30. The third-order valence-corrected chi connectivity index (χ3v) is 8.81. The number of hydrogen-bond donors (Lipinski definition) is 11. The van der Waals surface area contributed by atoms with Gasteiger partial charge in [0.15, 0.2) is 0 Å². The van der Waals surface area contributed by atoms with Crippen LogP contribution in [-0.2, 0) is 14.3 Å². The summed E-state index contributed by atoms with van der Waals surface area (Å²) in [5, 5.41) is 115. The predicted octanol–water partition coefficient (Wildman–Crippen LogP) is 0.236. The van der Waals surface area contributed by atoms with Crippen molar-refractivity contribution in [3.63, 3.8) is 0 Å². The molecule has 0 spiro atoms. The summed E-state index contributed by atoms with van der Waals surface area (Å²) in [7, 11) is 0. The first kappa shape index (κ1) is 47.7. The number of rotatable bonds is 9. The van der Waals surface area contributed by atoms with Crippen molar-refractivity contribution in [2.45, 2.75) is 152 Å². The van der Waals surface area contributed by atoms with E-state index in [1.54, 1.807) is 55.5 Å². The normalized spacial score (nSPS) is 34.2. The van der Waals surface area contributed by atoms with Crippen LogP contribution in [0.1, 0.15) is 78.6 Å². The van der Waals surface area contributed by atoms with E-state index in [-0.39, 0.29) is 38.7 Å². The highest BCUT2D eigenvalue weighted by Gasteiger charge is 2.38. The Hall–Kier alpha value is -2.31. The van der Waals surface area contributed by atoms with Crippen molar-refractivity contribution in [1.82, 2.24) is 0 Å². The molecule has 13 unspecified atom stereocenters. The van der Waals surface area contributed by atoms with Crippen LogP contribution in [0.15, 0.2) is 60.3 Å². The second-order valence-electron chi connectivity index (χ2n) is 13.7. The smallest absolute Gasteiger partial charge is 0.314 e. The van der Waals surface area contributed by atoms with Crippen LogP contribution in [0.25, 0.3) is 0 Å². The first-order chi connectivity index (χ1) is 24.6. The molecule has 52 heavy (non-hydrogen) atoms. The van der Waals surface area contributed by atoms with Crippen LogP contribution in [-0.4, -0.2) is 149 Å². The summed E-state index contributed by atoms with van der Waals surface area (Å²) in [6.45, 7) is 4.11. The number of esters is 1. The van der Waals surface area contributed by atoms with Crippen LogP contribution in [0.2, 0.25) is 0 Å². The maximum Gasteiger partial charge on any atom is 0.314 e. The van der Waals surface area contributed by atoms with Gasteiger partial charge in [-0.15, -0.1) is 0 Å². The molecule has 14 nitrogen and oxygen atoms in total. The van der Waals surface area contributed by atoms with Crippen LogP contribution in [0.5, 0.6) is 0 Å². The fraction of sp³-hybridized carbons (Fsp3) is 0.711. The highest BCUT2D eigenvalue weighted by Crippen LogP contribution is 2.24. The molecule has 0 radical (unpaired) electrons. The molecular weight excluding hydrogens is 680 g/mol. The van der Waals surface area contributed by atoms with Crippen LogP contribution < -0.4 is 0 Å². The zero-order chi connectivity index (χ0) is 39.2. The molecule has 300 valence electrons. The Bertz CT molecular complexity index is 1120. The number of allylic oxidation sites excluding steroid dienone is 8. The standard InChI is InChI=1S/C38H64O14/c1-4-5-11-16-32(46)35-33(47)20-28(42)18-26(40)17-27(41)19-29(43)21-34(48)36(49)37(51-23-30(44)22-39)24(2)14-12-9-7-6-8-10-13-15-31(45)25(3)52-38(35)50/h6-10,12-15,25-37,39-49H,4-5,11,16-23H2,1-3H3. The molecule has 1 aliphatic rings. The van der Waals surface area contributed by atoms with E-state index in [0.29, 0.717) is 12.0 Å². The quantitative estimate of drug-likeness (QED) is 0.112. The molecule has 0 saturated heterocycles. The Kier molecular flexibility index (Phi) is 24.3. The number of hydrogen-bond acceptors (Lipinski definition) is 14. The number of cyclic esters (lactones) is 1. The van der Waals surface area contributed by atoms with Crippen LogP contribution in [0.4, 0.5) is 0 Å². The van der Waals surface area contributed by atoms with E-state index < -0.39 is 98.2 Å². The van der Waals surface area contributed by atoms with Gasteiger partial charge in [0.1, 0.15) is 36.4 Å². The lowest BCUT2D eigenvalue weighted by Crippen LogP contribution is -2.43. The third-order valence-electron chi connectivity index (χ3n) is 8.81. The molecule has 0 amide bonds. The minimum Gasteiger partial charge on any atom is -0.459 e. The molecule has 0 aromatic rings. The summed E-state index contributed by atoms with van der Waals surface area (Å²) < 4.78 is 11.0. The Morgan fingerprint density at radius 2 is 1.29 bits per heavy atom. The molecule has 1 aliphatic heterocycles. The van der Waals surface area contributed by atoms with Crippen molar-refractivity contribution in [2.75, 3.05) is 13.2 Å². The first-order valence-corrected chi connectivity index (χ1v) is 18.2. The largest absolute Gasteiger partial charge is 0.459 e. The van der Waals surface area contributed by atoms with Gasteiger partial charge >= 0.3 is 5.97 Å². The molecule has 0 bridgehead atoms. The molecule has 0 aromatic heterocycles. The minimum atomic E-state index is -1.57.